The van der Waals surface area contributed by atoms with Gasteiger partial charge in [-0.15, -0.1) is 0 Å². The fourth-order valence-corrected chi connectivity index (χ4v) is 3.55. The number of benzene rings is 1. The summed E-state index contributed by atoms with van der Waals surface area (Å²) < 4.78 is 5.72. The molecule has 29 heavy (non-hydrogen) atoms. The SMILES string of the molecule is CC(C)NC(=O)C1CCCN(C(=O)C2(C)Oc3ccc([N+](=O)[O-])cc3NC2=O)C1. The molecule has 0 aliphatic carbocycles. The molecule has 2 aliphatic rings. The molecule has 2 N–H and O–H groups in total. The molecule has 1 aromatic carbocycles. The number of hydrogen-bond donors (Lipinski definition) is 2. The summed E-state index contributed by atoms with van der Waals surface area (Å²) in [5.74, 6) is -1.53. The molecule has 2 aliphatic heterocycles. The molecule has 10 heteroatoms. The Balaban J connectivity index is 1.78. The van der Waals surface area contributed by atoms with E-state index in [2.05, 4.69) is 10.6 Å². The zero-order valence-corrected chi connectivity index (χ0v) is 16.6. The molecule has 0 bridgehead atoms. The van der Waals surface area contributed by atoms with Crippen LogP contribution in [0.15, 0.2) is 18.2 Å². The number of ether oxygens (including phenoxy) is 1. The minimum Gasteiger partial charge on any atom is -0.466 e. The van der Waals surface area contributed by atoms with E-state index in [1.165, 1.54) is 30.0 Å². The summed E-state index contributed by atoms with van der Waals surface area (Å²) >= 11 is 0. The number of rotatable bonds is 4. The highest BCUT2D eigenvalue weighted by atomic mass is 16.6. The number of carbonyl (C=O) groups is 3. The largest absolute Gasteiger partial charge is 0.466 e. The molecule has 156 valence electrons. The van der Waals surface area contributed by atoms with Gasteiger partial charge in [-0.25, -0.2) is 0 Å². The summed E-state index contributed by atoms with van der Waals surface area (Å²) in [4.78, 5) is 50.0. The summed E-state index contributed by atoms with van der Waals surface area (Å²) in [6.45, 7) is 5.73. The van der Waals surface area contributed by atoms with Gasteiger partial charge < -0.3 is 20.3 Å². The average molecular weight is 404 g/mol. The number of nitro groups is 1. The predicted octanol–water partition coefficient (Wildman–Crippen LogP) is 1.45. The molecule has 0 radical (unpaired) electrons. The van der Waals surface area contributed by atoms with Crippen molar-refractivity contribution in [3.8, 4) is 5.75 Å². The summed E-state index contributed by atoms with van der Waals surface area (Å²) in [6, 6.07) is 3.78. The number of carbonyl (C=O) groups excluding carboxylic acids is 3. The monoisotopic (exact) mass is 404 g/mol. The second-order valence-electron chi connectivity index (χ2n) is 7.78. The van der Waals surface area contributed by atoms with Crippen LogP contribution in [0.1, 0.15) is 33.6 Å². The molecule has 2 unspecified atom stereocenters. The van der Waals surface area contributed by atoms with E-state index in [-0.39, 0.29) is 41.5 Å². The Labute approximate surface area is 167 Å². The molecule has 2 atom stereocenters. The van der Waals surface area contributed by atoms with Gasteiger partial charge in [0.15, 0.2) is 0 Å². The zero-order valence-electron chi connectivity index (χ0n) is 16.6. The molecule has 3 amide bonds. The number of nitro benzene ring substituents is 1. The van der Waals surface area contributed by atoms with Crippen LogP contribution in [-0.4, -0.2) is 52.3 Å². The van der Waals surface area contributed by atoms with Crippen molar-refractivity contribution in [1.82, 2.24) is 10.2 Å². The van der Waals surface area contributed by atoms with E-state index >= 15 is 0 Å². The zero-order chi connectivity index (χ0) is 21.3. The molecule has 1 fully saturated rings. The summed E-state index contributed by atoms with van der Waals surface area (Å²) in [6.07, 6.45) is 1.31. The summed E-state index contributed by atoms with van der Waals surface area (Å²) in [7, 11) is 0. The smallest absolute Gasteiger partial charge is 0.278 e. The number of likely N-dealkylation sites (tertiary alicyclic amines) is 1. The number of piperidine rings is 1. The molecule has 10 nitrogen and oxygen atoms in total. The van der Waals surface area contributed by atoms with Crippen molar-refractivity contribution in [3.05, 3.63) is 28.3 Å². The first kappa shape index (κ1) is 20.6. The van der Waals surface area contributed by atoms with Crippen LogP contribution in [-0.2, 0) is 14.4 Å². The fraction of sp³-hybridized carbons (Fsp3) is 0.526. The van der Waals surface area contributed by atoms with Gasteiger partial charge in [-0.1, -0.05) is 0 Å². The fourth-order valence-electron chi connectivity index (χ4n) is 3.55. The number of amides is 3. The second-order valence-corrected chi connectivity index (χ2v) is 7.78. The van der Waals surface area contributed by atoms with E-state index in [9.17, 15) is 24.5 Å². The van der Waals surface area contributed by atoms with Gasteiger partial charge in [0, 0.05) is 31.3 Å². The number of nitrogens with zero attached hydrogens (tertiary/aromatic N) is 2. The molecule has 1 saturated heterocycles. The second kappa shape index (κ2) is 7.69. The Hall–Kier alpha value is -3.17. The van der Waals surface area contributed by atoms with Gasteiger partial charge in [0.25, 0.3) is 23.1 Å². The molecule has 0 aromatic heterocycles. The van der Waals surface area contributed by atoms with Crippen LogP contribution >= 0.6 is 0 Å². The Morgan fingerprint density at radius 3 is 2.79 bits per heavy atom. The number of nitrogens with one attached hydrogen (secondary N) is 2. The first-order chi connectivity index (χ1) is 13.6. The Bertz CT molecular complexity index is 870. The lowest BCUT2D eigenvalue weighted by molar-refractivity contribution is -0.384. The van der Waals surface area contributed by atoms with Gasteiger partial charge in [0.1, 0.15) is 5.75 Å². The maximum Gasteiger partial charge on any atom is 0.278 e. The quantitative estimate of drug-likeness (QED) is 0.444. The summed E-state index contributed by atoms with van der Waals surface area (Å²) in [5, 5.41) is 16.3. The van der Waals surface area contributed by atoms with Crippen LogP contribution in [0.3, 0.4) is 0 Å². The topological polar surface area (TPSA) is 131 Å². The molecule has 0 saturated carbocycles. The molecular formula is C19H24N4O6. The third kappa shape index (κ3) is 4.01. The minimum absolute atomic E-state index is 0.000825. The van der Waals surface area contributed by atoms with Crippen molar-refractivity contribution in [1.29, 1.82) is 0 Å². The van der Waals surface area contributed by atoms with E-state index in [0.717, 1.165) is 0 Å². The van der Waals surface area contributed by atoms with Gasteiger partial charge in [-0.3, -0.25) is 24.5 Å². The summed E-state index contributed by atoms with van der Waals surface area (Å²) in [5.41, 5.74) is -1.88. The number of fused-ring (bicyclic) bond motifs is 1. The lowest BCUT2D eigenvalue weighted by Crippen LogP contribution is -2.61. The van der Waals surface area contributed by atoms with E-state index in [1.54, 1.807) is 0 Å². The first-order valence-corrected chi connectivity index (χ1v) is 9.50. The Kier molecular flexibility index (Phi) is 5.45. The van der Waals surface area contributed by atoms with Gasteiger partial charge in [-0.05, 0) is 39.7 Å². The first-order valence-electron chi connectivity index (χ1n) is 9.50. The van der Waals surface area contributed by atoms with E-state index < -0.39 is 22.3 Å². The van der Waals surface area contributed by atoms with Crippen LogP contribution < -0.4 is 15.4 Å². The van der Waals surface area contributed by atoms with Crippen LogP contribution in [0, 0.1) is 16.0 Å². The van der Waals surface area contributed by atoms with Crippen LogP contribution in [0.4, 0.5) is 11.4 Å². The predicted molar refractivity (Wildman–Crippen MR) is 103 cm³/mol. The number of anilines is 1. The average Bonchev–Trinajstić information content (AvgIpc) is 2.67. The van der Waals surface area contributed by atoms with Gasteiger partial charge in [0.05, 0.1) is 16.5 Å². The third-order valence-corrected chi connectivity index (χ3v) is 5.09. The highest BCUT2D eigenvalue weighted by Crippen LogP contribution is 2.37. The Morgan fingerprint density at radius 2 is 2.14 bits per heavy atom. The third-order valence-electron chi connectivity index (χ3n) is 5.09. The van der Waals surface area contributed by atoms with Gasteiger partial charge in [0.2, 0.25) is 5.91 Å². The molecule has 1 aromatic rings. The standard InChI is InChI=1S/C19H24N4O6/c1-11(2)20-16(24)12-5-4-8-22(10-12)18(26)19(3)17(25)21-14-9-13(23(27)28)6-7-15(14)29-19/h6-7,9,11-12H,4-5,8,10H2,1-3H3,(H,20,24)(H,21,25). The van der Waals surface area contributed by atoms with Gasteiger partial charge >= 0.3 is 0 Å². The van der Waals surface area contributed by atoms with Crippen molar-refractivity contribution in [2.24, 2.45) is 5.92 Å². The normalized spacial score (nSPS) is 23.7. The van der Waals surface area contributed by atoms with Crippen molar-refractivity contribution >= 4 is 29.1 Å². The van der Waals surface area contributed by atoms with E-state index in [0.29, 0.717) is 19.4 Å². The molecular weight excluding hydrogens is 380 g/mol. The van der Waals surface area contributed by atoms with E-state index in [1.807, 2.05) is 13.8 Å². The highest BCUT2D eigenvalue weighted by Gasteiger charge is 2.50. The number of hydrogen-bond acceptors (Lipinski definition) is 6. The Morgan fingerprint density at radius 1 is 1.41 bits per heavy atom. The van der Waals surface area contributed by atoms with Gasteiger partial charge in [-0.2, -0.15) is 0 Å². The lowest BCUT2D eigenvalue weighted by Gasteiger charge is -2.39. The van der Waals surface area contributed by atoms with Crippen molar-refractivity contribution in [2.75, 3.05) is 18.4 Å². The van der Waals surface area contributed by atoms with Crippen molar-refractivity contribution < 1.29 is 24.0 Å². The molecule has 0 spiro atoms. The van der Waals surface area contributed by atoms with Crippen LogP contribution in [0.25, 0.3) is 0 Å². The molecule has 2 heterocycles. The van der Waals surface area contributed by atoms with Crippen molar-refractivity contribution in [2.45, 2.75) is 45.3 Å². The highest BCUT2D eigenvalue weighted by molar-refractivity contribution is 6.15. The van der Waals surface area contributed by atoms with Crippen LogP contribution in [0.5, 0.6) is 5.75 Å². The molecule has 3 rings (SSSR count). The number of non-ortho nitro benzene ring substituents is 1. The maximum atomic E-state index is 13.2. The minimum atomic E-state index is -1.82. The van der Waals surface area contributed by atoms with Crippen LogP contribution in [0.2, 0.25) is 0 Å². The van der Waals surface area contributed by atoms with E-state index in [4.69, 9.17) is 4.74 Å². The lowest BCUT2D eigenvalue weighted by atomic mass is 9.93. The maximum absolute atomic E-state index is 13.2. The van der Waals surface area contributed by atoms with Crippen molar-refractivity contribution in [3.63, 3.8) is 0 Å².